The lowest BCUT2D eigenvalue weighted by molar-refractivity contribution is -0.166. The summed E-state index contributed by atoms with van der Waals surface area (Å²) in [4.78, 5) is 12.5. The average molecular weight is 267 g/mol. The van der Waals surface area contributed by atoms with E-state index in [0.717, 1.165) is 25.9 Å². The van der Waals surface area contributed by atoms with Crippen LogP contribution in [0.3, 0.4) is 0 Å². The molecule has 19 heavy (non-hydrogen) atoms. The molecule has 2 fully saturated rings. The molecule has 1 saturated heterocycles. The number of nitrogens with one attached hydrogen (secondary N) is 1. The zero-order valence-corrected chi connectivity index (χ0v) is 13.3. The molecule has 3 heteroatoms. The van der Waals surface area contributed by atoms with Gasteiger partial charge >= 0.3 is 5.97 Å². The first-order chi connectivity index (χ1) is 8.61. The van der Waals surface area contributed by atoms with Gasteiger partial charge in [0.05, 0.1) is 5.92 Å². The molecule has 0 aromatic carbocycles. The summed E-state index contributed by atoms with van der Waals surface area (Å²) in [6.07, 6.45) is 2.19. The Hall–Kier alpha value is -0.570. The van der Waals surface area contributed by atoms with E-state index in [2.05, 4.69) is 46.9 Å². The van der Waals surface area contributed by atoms with Crippen LogP contribution in [0.5, 0.6) is 0 Å². The summed E-state index contributed by atoms with van der Waals surface area (Å²) in [7, 11) is 0. The predicted octanol–water partition coefficient (Wildman–Crippen LogP) is 2.99. The first-order valence-corrected chi connectivity index (χ1v) is 7.54. The van der Waals surface area contributed by atoms with Crippen molar-refractivity contribution in [1.29, 1.82) is 0 Å². The summed E-state index contributed by atoms with van der Waals surface area (Å²) >= 11 is 0. The fourth-order valence-electron chi connectivity index (χ4n) is 3.70. The number of rotatable bonds is 3. The van der Waals surface area contributed by atoms with E-state index in [9.17, 15) is 4.79 Å². The van der Waals surface area contributed by atoms with E-state index in [1.807, 2.05) is 0 Å². The fraction of sp³-hybridized carbons (Fsp3) is 0.938. The highest BCUT2D eigenvalue weighted by molar-refractivity contribution is 5.79. The van der Waals surface area contributed by atoms with Crippen LogP contribution in [-0.4, -0.2) is 24.7 Å². The lowest BCUT2D eigenvalue weighted by Crippen LogP contribution is -2.43. The minimum atomic E-state index is -0.339. The highest BCUT2D eigenvalue weighted by Crippen LogP contribution is 2.68. The van der Waals surface area contributed by atoms with E-state index >= 15 is 0 Å². The van der Waals surface area contributed by atoms with Gasteiger partial charge in [0.15, 0.2) is 0 Å². The molecule has 1 aliphatic carbocycles. The molecular formula is C16H29NO2. The summed E-state index contributed by atoms with van der Waals surface area (Å²) in [6.45, 7) is 14.9. The largest absolute Gasteiger partial charge is 0.459 e. The van der Waals surface area contributed by atoms with E-state index in [1.54, 1.807) is 0 Å². The highest BCUT2D eigenvalue weighted by Gasteiger charge is 2.69. The van der Waals surface area contributed by atoms with Crippen molar-refractivity contribution in [3.63, 3.8) is 0 Å². The van der Waals surface area contributed by atoms with E-state index in [0.29, 0.717) is 5.92 Å². The van der Waals surface area contributed by atoms with E-state index in [4.69, 9.17) is 4.74 Å². The standard InChI is InChI=1S/C16H29NO2/c1-14(2)12(15(14,3)4)13(18)19-16(5,6)11-7-9-17-10-8-11/h11-12,17H,7-10H2,1-6H3. The second kappa shape index (κ2) is 4.47. The van der Waals surface area contributed by atoms with Gasteiger partial charge in [0.2, 0.25) is 0 Å². The fourth-order valence-corrected chi connectivity index (χ4v) is 3.70. The van der Waals surface area contributed by atoms with Crippen molar-refractivity contribution in [3.8, 4) is 0 Å². The highest BCUT2D eigenvalue weighted by atomic mass is 16.6. The van der Waals surface area contributed by atoms with Crippen LogP contribution in [0.2, 0.25) is 0 Å². The topological polar surface area (TPSA) is 38.3 Å². The number of hydrogen-bond acceptors (Lipinski definition) is 3. The molecule has 0 unspecified atom stereocenters. The van der Waals surface area contributed by atoms with Gasteiger partial charge in [-0.25, -0.2) is 0 Å². The first-order valence-electron chi connectivity index (χ1n) is 7.54. The van der Waals surface area contributed by atoms with Crippen LogP contribution in [0.15, 0.2) is 0 Å². The van der Waals surface area contributed by atoms with Crippen molar-refractivity contribution < 1.29 is 9.53 Å². The number of hydrogen-bond donors (Lipinski definition) is 1. The van der Waals surface area contributed by atoms with Crippen molar-refractivity contribution in [1.82, 2.24) is 5.32 Å². The Balaban J connectivity index is 1.99. The second-order valence-corrected chi connectivity index (χ2v) is 7.93. The molecule has 0 aromatic rings. The molecule has 0 atom stereocenters. The normalized spacial score (nSPS) is 27.1. The number of carbonyl (C=O) groups excluding carboxylic acids is 1. The number of esters is 1. The zero-order chi connectivity index (χ0) is 14.5. The second-order valence-electron chi connectivity index (χ2n) is 7.93. The molecule has 0 aromatic heterocycles. The molecule has 2 aliphatic rings. The molecule has 1 N–H and O–H groups in total. The van der Waals surface area contributed by atoms with Gasteiger partial charge in [0, 0.05) is 5.92 Å². The van der Waals surface area contributed by atoms with Crippen LogP contribution in [0.25, 0.3) is 0 Å². The van der Waals surface area contributed by atoms with Gasteiger partial charge in [-0.05, 0) is 50.6 Å². The molecule has 0 radical (unpaired) electrons. The molecule has 0 amide bonds. The van der Waals surface area contributed by atoms with Crippen LogP contribution in [0.4, 0.5) is 0 Å². The van der Waals surface area contributed by atoms with Crippen LogP contribution in [-0.2, 0) is 9.53 Å². The monoisotopic (exact) mass is 267 g/mol. The third-order valence-electron chi connectivity index (χ3n) is 5.94. The van der Waals surface area contributed by atoms with Gasteiger partial charge in [-0.3, -0.25) is 4.79 Å². The lowest BCUT2D eigenvalue weighted by atomic mass is 9.83. The predicted molar refractivity (Wildman–Crippen MR) is 76.8 cm³/mol. The molecule has 1 saturated carbocycles. The quantitative estimate of drug-likeness (QED) is 0.799. The smallest absolute Gasteiger partial charge is 0.310 e. The summed E-state index contributed by atoms with van der Waals surface area (Å²) in [5, 5.41) is 3.36. The van der Waals surface area contributed by atoms with Gasteiger partial charge in [-0.1, -0.05) is 27.7 Å². The minimum absolute atomic E-state index is 0.00136. The summed E-state index contributed by atoms with van der Waals surface area (Å²) < 4.78 is 5.91. The van der Waals surface area contributed by atoms with Crippen molar-refractivity contribution in [2.24, 2.45) is 22.7 Å². The molecular weight excluding hydrogens is 238 g/mol. The number of ether oxygens (including phenoxy) is 1. The first kappa shape index (κ1) is 14.8. The van der Waals surface area contributed by atoms with Gasteiger partial charge in [-0.15, -0.1) is 0 Å². The Kier molecular flexibility index (Phi) is 3.49. The van der Waals surface area contributed by atoms with Gasteiger partial charge in [0.25, 0.3) is 0 Å². The van der Waals surface area contributed by atoms with Crippen LogP contribution in [0, 0.1) is 22.7 Å². The zero-order valence-electron chi connectivity index (χ0n) is 13.3. The van der Waals surface area contributed by atoms with E-state index in [-0.39, 0.29) is 28.3 Å². The van der Waals surface area contributed by atoms with Crippen LogP contribution in [0.1, 0.15) is 54.4 Å². The molecule has 0 bridgehead atoms. The van der Waals surface area contributed by atoms with Crippen LogP contribution < -0.4 is 5.32 Å². The van der Waals surface area contributed by atoms with Crippen molar-refractivity contribution in [3.05, 3.63) is 0 Å². The molecule has 110 valence electrons. The maximum Gasteiger partial charge on any atom is 0.310 e. The SMILES string of the molecule is CC(C)(OC(=O)C1C(C)(C)C1(C)C)C1CCNCC1. The van der Waals surface area contributed by atoms with Gasteiger partial charge < -0.3 is 10.1 Å². The summed E-state index contributed by atoms with van der Waals surface area (Å²) in [5.74, 6) is 0.516. The Labute approximate surface area is 117 Å². The van der Waals surface area contributed by atoms with Gasteiger partial charge in [0.1, 0.15) is 5.60 Å². The number of piperidine rings is 1. The van der Waals surface area contributed by atoms with Crippen molar-refractivity contribution >= 4 is 5.97 Å². The Morgan fingerprint density at radius 1 is 1.11 bits per heavy atom. The Morgan fingerprint density at radius 2 is 1.58 bits per heavy atom. The van der Waals surface area contributed by atoms with Crippen molar-refractivity contribution in [2.75, 3.05) is 13.1 Å². The van der Waals surface area contributed by atoms with E-state index in [1.165, 1.54) is 0 Å². The Morgan fingerprint density at radius 3 is 2.00 bits per heavy atom. The third kappa shape index (κ3) is 2.42. The minimum Gasteiger partial charge on any atom is -0.459 e. The molecule has 0 spiro atoms. The maximum absolute atomic E-state index is 12.5. The summed E-state index contributed by atoms with van der Waals surface area (Å²) in [5.41, 5.74) is -0.212. The lowest BCUT2D eigenvalue weighted by Gasteiger charge is -2.37. The molecule has 2 rings (SSSR count). The molecule has 1 aliphatic heterocycles. The van der Waals surface area contributed by atoms with Gasteiger partial charge in [-0.2, -0.15) is 0 Å². The summed E-state index contributed by atoms with van der Waals surface area (Å²) in [6, 6.07) is 0. The average Bonchev–Trinajstić information content (AvgIpc) is 2.70. The Bertz CT molecular complexity index is 351. The molecule has 1 heterocycles. The van der Waals surface area contributed by atoms with E-state index < -0.39 is 0 Å². The third-order valence-corrected chi connectivity index (χ3v) is 5.94. The van der Waals surface area contributed by atoms with Crippen molar-refractivity contribution in [2.45, 2.75) is 60.0 Å². The maximum atomic E-state index is 12.5. The molecule has 3 nitrogen and oxygen atoms in total. The number of carbonyl (C=O) groups is 1. The van der Waals surface area contributed by atoms with Crippen LogP contribution >= 0.6 is 0 Å².